The van der Waals surface area contributed by atoms with Crippen LogP contribution >= 0.6 is 11.3 Å². The highest BCUT2D eigenvalue weighted by Crippen LogP contribution is 2.42. The molecule has 2 N–H and O–H groups in total. The molecule has 1 aromatic carbocycles. The first kappa shape index (κ1) is 26.6. The SMILES string of the molecule is CCc1sc(C(=O)CCc2cc(C)c(CCC(=O)NCCCO)c(C)c2)c2c1CC(C)(C)CC2. The average Bonchev–Trinajstić information content (AvgIpc) is 3.13. The van der Waals surface area contributed by atoms with Crippen LogP contribution in [0.1, 0.15) is 94.4 Å². The lowest BCUT2D eigenvalue weighted by molar-refractivity contribution is -0.121. The smallest absolute Gasteiger partial charge is 0.220 e. The van der Waals surface area contributed by atoms with E-state index in [1.807, 2.05) is 0 Å². The van der Waals surface area contributed by atoms with Gasteiger partial charge in [-0.3, -0.25) is 9.59 Å². The van der Waals surface area contributed by atoms with Crippen molar-refractivity contribution >= 4 is 23.0 Å². The number of rotatable bonds is 11. The summed E-state index contributed by atoms with van der Waals surface area (Å²) < 4.78 is 0. The molecule has 186 valence electrons. The largest absolute Gasteiger partial charge is 0.396 e. The van der Waals surface area contributed by atoms with E-state index in [0.717, 1.165) is 37.0 Å². The maximum absolute atomic E-state index is 13.3. The number of benzene rings is 1. The molecule has 1 aliphatic carbocycles. The summed E-state index contributed by atoms with van der Waals surface area (Å²) in [5.41, 5.74) is 7.92. The number of Topliss-reactive ketones (excluding diaryl/α,β-unsaturated/α-hetero) is 1. The molecule has 0 bridgehead atoms. The van der Waals surface area contributed by atoms with Gasteiger partial charge in [-0.25, -0.2) is 0 Å². The zero-order valence-electron chi connectivity index (χ0n) is 21.6. The summed E-state index contributed by atoms with van der Waals surface area (Å²) >= 11 is 1.74. The molecule has 4 nitrogen and oxygen atoms in total. The fourth-order valence-electron chi connectivity index (χ4n) is 5.19. The molecule has 34 heavy (non-hydrogen) atoms. The van der Waals surface area contributed by atoms with Crippen LogP contribution in [0, 0.1) is 19.3 Å². The number of thiophene rings is 1. The van der Waals surface area contributed by atoms with E-state index in [1.54, 1.807) is 11.3 Å². The highest BCUT2D eigenvalue weighted by atomic mass is 32.1. The number of fused-ring (bicyclic) bond motifs is 1. The zero-order valence-corrected chi connectivity index (χ0v) is 22.4. The quantitative estimate of drug-likeness (QED) is 0.319. The lowest BCUT2D eigenvalue weighted by Crippen LogP contribution is -2.25. The van der Waals surface area contributed by atoms with Crippen LogP contribution in [0.15, 0.2) is 12.1 Å². The summed E-state index contributed by atoms with van der Waals surface area (Å²) in [7, 11) is 0. The number of amides is 1. The number of aryl methyl sites for hydroxylation is 4. The number of ketones is 1. The molecule has 1 heterocycles. The molecule has 3 rings (SSSR count). The Hall–Kier alpha value is -1.98. The number of nitrogens with one attached hydrogen (secondary N) is 1. The fourth-order valence-corrected chi connectivity index (χ4v) is 6.46. The maximum Gasteiger partial charge on any atom is 0.220 e. The van der Waals surface area contributed by atoms with Crippen LogP contribution in [0.5, 0.6) is 0 Å². The van der Waals surface area contributed by atoms with E-state index in [2.05, 4.69) is 52.1 Å². The number of aliphatic hydroxyl groups is 1. The number of hydrogen-bond acceptors (Lipinski definition) is 4. The van der Waals surface area contributed by atoms with Gasteiger partial charge in [0, 0.05) is 30.9 Å². The van der Waals surface area contributed by atoms with Gasteiger partial charge in [0.15, 0.2) is 5.78 Å². The second-order valence-electron chi connectivity index (χ2n) is 10.6. The third kappa shape index (κ3) is 6.57. The summed E-state index contributed by atoms with van der Waals surface area (Å²) in [4.78, 5) is 27.7. The average molecular weight is 484 g/mol. The molecule has 0 saturated carbocycles. The molecule has 5 heteroatoms. The normalized spacial score (nSPS) is 14.6. The molecule has 0 unspecified atom stereocenters. The standard InChI is InChI=1S/C29H41NO3S/c1-6-26-24-18-29(4,5)13-12-23(24)28(34-26)25(32)10-8-21-16-19(2)22(20(3)17-21)9-11-27(33)30-14-7-15-31/h16-17,31H,6-15,18H2,1-5H3,(H,30,33). The predicted octanol–water partition coefficient (Wildman–Crippen LogP) is 5.69. The van der Waals surface area contributed by atoms with Gasteiger partial charge in [-0.2, -0.15) is 0 Å². The van der Waals surface area contributed by atoms with Crippen molar-refractivity contribution in [3.05, 3.63) is 55.3 Å². The third-order valence-electron chi connectivity index (χ3n) is 7.14. The first-order valence-corrected chi connectivity index (χ1v) is 13.6. The summed E-state index contributed by atoms with van der Waals surface area (Å²) in [6.07, 6.45) is 7.32. The molecule has 0 fully saturated rings. The Kier molecular flexibility index (Phi) is 9.11. The van der Waals surface area contributed by atoms with E-state index in [9.17, 15) is 9.59 Å². The van der Waals surface area contributed by atoms with E-state index in [4.69, 9.17) is 5.11 Å². The Balaban J connectivity index is 1.63. The molecule has 0 saturated heterocycles. The highest BCUT2D eigenvalue weighted by molar-refractivity contribution is 7.14. The van der Waals surface area contributed by atoms with E-state index < -0.39 is 0 Å². The second kappa shape index (κ2) is 11.6. The van der Waals surface area contributed by atoms with Gasteiger partial charge in [0.2, 0.25) is 5.91 Å². The van der Waals surface area contributed by atoms with Crippen LogP contribution < -0.4 is 5.32 Å². The minimum Gasteiger partial charge on any atom is -0.396 e. The zero-order chi connectivity index (χ0) is 24.9. The first-order valence-electron chi connectivity index (χ1n) is 12.8. The van der Waals surface area contributed by atoms with E-state index in [-0.39, 0.29) is 12.5 Å². The number of carbonyl (C=O) groups is 2. The van der Waals surface area contributed by atoms with Crippen molar-refractivity contribution in [1.82, 2.24) is 5.32 Å². The Morgan fingerprint density at radius 1 is 1.09 bits per heavy atom. The molecule has 0 radical (unpaired) electrons. The summed E-state index contributed by atoms with van der Waals surface area (Å²) in [6.45, 7) is 11.7. The maximum atomic E-state index is 13.3. The lowest BCUT2D eigenvalue weighted by atomic mass is 9.74. The molecular weight excluding hydrogens is 442 g/mol. The van der Waals surface area contributed by atoms with E-state index >= 15 is 0 Å². The number of carbonyl (C=O) groups excluding carboxylic acids is 2. The molecular formula is C29H41NO3S. The van der Waals surface area contributed by atoms with Crippen molar-refractivity contribution in [3.63, 3.8) is 0 Å². The van der Waals surface area contributed by atoms with Crippen LogP contribution in [0.2, 0.25) is 0 Å². The van der Waals surface area contributed by atoms with Gasteiger partial charge in [0.05, 0.1) is 4.88 Å². The lowest BCUT2D eigenvalue weighted by Gasteiger charge is -2.30. The van der Waals surface area contributed by atoms with Gasteiger partial charge in [-0.05, 0) is 97.6 Å². The van der Waals surface area contributed by atoms with Crippen molar-refractivity contribution in [2.24, 2.45) is 5.41 Å². The second-order valence-corrected chi connectivity index (χ2v) is 11.7. The highest BCUT2D eigenvalue weighted by Gasteiger charge is 2.31. The molecule has 0 atom stereocenters. The fraction of sp³-hybridized carbons (Fsp3) is 0.586. The molecule has 1 aliphatic rings. The molecule has 0 spiro atoms. The summed E-state index contributed by atoms with van der Waals surface area (Å²) in [6, 6.07) is 4.37. The van der Waals surface area contributed by atoms with Crippen LogP contribution in [-0.4, -0.2) is 29.9 Å². The monoisotopic (exact) mass is 483 g/mol. The van der Waals surface area contributed by atoms with E-state index in [0.29, 0.717) is 43.4 Å². The Morgan fingerprint density at radius 2 is 1.79 bits per heavy atom. The topological polar surface area (TPSA) is 66.4 Å². The Labute approximate surface area is 209 Å². The molecule has 1 amide bonds. The third-order valence-corrected chi connectivity index (χ3v) is 8.60. The van der Waals surface area contributed by atoms with Gasteiger partial charge in [0.1, 0.15) is 0 Å². The summed E-state index contributed by atoms with van der Waals surface area (Å²) in [5.74, 6) is 0.315. The van der Waals surface area contributed by atoms with Crippen molar-refractivity contribution in [2.45, 2.75) is 92.4 Å². The van der Waals surface area contributed by atoms with Gasteiger partial charge < -0.3 is 10.4 Å². The predicted molar refractivity (Wildman–Crippen MR) is 141 cm³/mol. The molecule has 1 aromatic heterocycles. The molecule has 0 aliphatic heterocycles. The van der Waals surface area contributed by atoms with E-state index in [1.165, 1.54) is 38.3 Å². The minimum atomic E-state index is 0.0241. The first-order chi connectivity index (χ1) is 16.1. The van der Waals surface area contributed by atoms with Gasteiger partial charge in [0.25, 0.3) is 0 Å². The van der Waals surface area contributed by atoms with Crippen molar-refractivity contribution in [3.8, 4) is 0 Å². The van der Waals surface area contributed by atoms with Gasteiger partial charge >= 0.3 is 0 Å². The number of hydrogen-bond donors (Lipinski definition) is 2. The van der Waals surface area contributed by atoms with Crippen LogP contribution in [0.25, 0.3) is 0 Å². The van der Waals surface area contributed by atoms with Crippen molar-refractivity contribution in [2.75, 3.05) is 13.2 Å². The molecule has 2 aromatic rings. The summed E-state index contributed by atoms with van der Waals surface area (Å²) in [5, 5.41) is 11.7. The van der Waals surface area contributed by atoms with Crippen molar-refractivity contribution < 1.29 is 14.7 Å². The number of aliphatic hydroxyl groups excluding tert-OH is 1. The van der Waals surface area contributed by atoms with Crippen LogP contribution in [-0.2, 0) is 36.9 Å². The Bertz CT molecular complexity index is 1010. The minimum absolute atomic E-state index is 0.0241. The van der Waals surface area contributed by atoms with Crippen molar-refractivity contribution in [1.29, 1.82) is 0 Å². The Morgan fingerprint density at radius 3 is 2.44 bits per heavy atom. The van der Waals surface area contributed by atoms with Crippen LogP contribution in [0.3, 0.4) is 0 Å². The van der Waals surface area contributed by atoms with Gasteiger partial charge in [-0.15, -0.1) is 11.3 Å². The van der Waals surface area contributed by atoms with Gasteiger partial charge in [-0.1, -0.05) is 32.9 Å². The van der Waals surface area contributed by atoms with Crippen LogP contribution in [0.4, 0.5) is 0 Å².